The second kappa shape index (κ2) is 7.99. The lowest BCUT2D eigenvalue weighted by Gasteiger charge is -2.17. The summed E-state index contributed by atoms with van der Waals surface area (Å²) in [5.74, 6) is -0.877. The highest BCUT2D eigenvalue weighted by molar-refractivity contribution is 6.30. The molecule has 25 heavy (non-hydrogen) atoms. The Labute approximate surface area is 151 Å². The molecule has 1 aliphatic carbocycles. The maximum atomic E-state index is 12.4. The SMILES string of the molecule is O=C(/C=C/c1cccc(Cl)c1)OC(C(=O)NC1CC1)c1ccccc1. The van der Waals surface area contributed by atoms with E-state index in [1.54, 1.807) is 36.4 Å². The van der Waals surface area contributed by atoms with Crippen molar-refractivity contribution in [3.8, 4) is 0 Å². The standard InChI is InChI=1S/C20H18ClNO3/c21-16-8-4-5-14(13-16)9-12-18(23)25-19(15-6-2-1-3-7-15)20(24)22-17-10-11-17/h1-9,12-13,17,19H,10-11H2,(H,22,24)/b12-9+. The van der Waals surface area contributed by atoms with Crippen LogP contribution < -0.4 is 5.32 Å². The zero-order chi connectivity index (χ0) is 17.6. The van der Waals surface area contributed by atoms with Gasteiger partial charge in [0.1, 0.15) is 0 Å². The van der Waals surface area contributed by atoms with Gasteiger partial charge in [0.15, 0.2) is 0 Å². The average molecular weight is 356 g/mol. The molecule has 5 heteroatoms. The lowest BCUT2D eigenvalue weighted by molar-refractivity contribution is -0.151. The van der Waals surface area contributed by atoms with E-state index in [1.165, 1.54) is 6.08 Å². The molecule has 0 heterocycles. The lowest BCUT2D eigenvalue weighted by atomic mass is 10.1. The third kappa shape index (κ3) is 5.19. The van der Waals surface area contributed by atoms with Gasteiger partial charge < -0.3 is 10.1 Å². The van der Waals surface area contributed by atoms with E-state index >= 15 is 0 Å². The van der Waals surface area contributed by atoms with Crippen LogP contribution in [0.2, 0.25) is 5.02 Å². The number of hydrogen-bond donors (Lipinski definition) is 1. The number of hydrogen-bond acceptors (Lipinski definition) is 3. The van der Waals surface area contributed by atoms with Gasteiger partial charge in [0.05, 0.1) is 0 Å². The Morgan fingerprint density at radius 1 is 1.12 bits per heavy atom. The second-order valence-electron chi connectivity index (χ2n) is 5.90. The molecule has 1 aliphatic rings. The maximum Gasteiger partial charge on any atom is 0.331 e. The summed E-state index contributed by atoms with van der Waals surface area (Å²) in [6.45, 7) is 0. The summed E-state index contributed by atoms with van der Waals surface area (Å²) in [6, 6.07) is 16.3. The van der Waals surface area contributed by atoms with Crippen LogP contribution in [0.4, 0.5) is 0 Å². The summed E-state index contributed by atoms with van der Waals surface area (Å²) in [4.78, 5) is 24.6. The number of esters is 1. The molecule has 1 unspecified atom stereocenters. The summed E-state index contributed by atoms with van der Waals surface area (Å²) in [7, 11) is 0. The van der Waals surface area contributed by atoms with Crippen LogP contribution in [0, 0.1) is 0 Å². The van der Waals surface area contributed by atoms with Crippen molar-refractivity contribution in [1.82, 2.24) is 5.32 Å². The first kappa shape index (κ1) is 17.2. The minimum Gasteiger partial charge on any atom is -0.444 e. The second-order valence-corrected chi connectivity index (χ2v) is 6.34. The van der Waals surface area contributed by atoms with Crippen LogP contribution in [0.3, 0.4) is 0 Å². The number of carbonyl (C=O) groups excluding carboxylic acids is 2. The van der Waals surface area contributed by atoms with Crippen LogP contribution >= 0.6 is 11.6 Å². The number of rotatable bonds is 6. The van der Waals surface area contributed by atoms with Crippen LogP contribution in [0.25, 0.3) is 6.08 Å². The molecule has 1 fully saturated rings. The molecular formula is C20H18ClNO3. The molecule has 0 radical (unpaired) electrons. The first-order valence-electron chi connectivity index (χ1n) is 8.11. The summed E-state index contributed by atoms with van der Waals surface area (Å²) < 4.78 is 5.41. The number of benzene rings is 2. The van der Waals surface area contributed by atoms with Gasteiger partial charge in [-0.3, -0.25) is 4.79 Å². The number of halogens is 1. The maximum absolute atomic E-state index is 12.4. The van der Waals surface area contributed by atoms with E-state index in [4.69, 9.17) is 16.3 Å². The largest absolute Gasteiger partial charge is 0.444 e. The molecule has 3 rings (SSSR count). The van der Waals surface area contributed by atoms with E-state index in [0.29, 0.717) is 10.6 Å². The Morgan fingerprint density at radius 2 is 1.88 bits per heavy atom. The molecular weight excluding hydrogens is 338 g/mol. The lowest BCUT2D eigenvalue weighted by Crippen LogP contribution is -2.33. The molecule has 0 spiro atoms. The van der Waals surface area contributed by atoms with Gasteiger partial charge in [0, 0.05) is 22.7 Å². The number of amides is 1. The van der Waals surface area contributed by atoms with Gasteiger partial charge in [-0.2, -0.15) is 0 Å². The van der Waals surface area contributed by atoms with E-state index < -0.39 is 12.1 Å². The van der Waals surface area contributed by atoms with Crippen molar-refractivity contribution in [2.75, 3.05) is 0 Å². The van der Waals surface area contributed by atoms with E-state index in [-0.39, 0.29) is 11.9 Å². The van der Waals surface area contributed by atoms with Gasteiger partial charge in [0.2, 0.25) is 6.10 Å². The summed E-state index contributed by atoms with van der Waals surface area (Å²) in [5, 5.41) is 3.47. The summed E-state index contributed by atoms with van der Waals surface area (Å²) >= 11 is 5.92. The molecule has 1 atom stereocenters. The Bertz CT molecular complexity index is 785. The van der Waals surface area contributed by atoms with E-state index in [1.807, 2.05) is 24.3 Å². The highest BCUT2D eigenvalue weighted by Crippen LogP contribution is 2.23. The van der Waals surface area contributed by atoms with Gasteiger partial charge in [-0.05, 0) is 36.6 Å². The topological polar surface area (TPSA) is 55.4 Å². The zero-order valence-corrected chi connectivity index (χ0v) is 14.3. The van der Waals surface area contributed by atoms with E-state index in [0.717, 1.165) is 18.4 Å². The number of carbonyl (C=O) groups is 2. The Kier molecular flexibility index (Phi) is 5.51. The molecule has 1 N–H and O–H groups in total. The third-order valence-corrected chi connectivity index (χ3v) is 3.99. The highest BCUT2D eigenvalue weighted by atomic mass is 35.5. The van der Waals surface area contributed by atoms with Crippen LogP contribution in [0.15, 0.2) is 60.7 Å². The van der Waals surface area contributed by atoms with Crippen molar-refractivity contribution < 1.29 is 14.3 Å². The molecule has 0 bridgehead atoms. The van der Waals surface area contributed by atoms with Crippen LogP contribution in [-0.2, 0) is 14.3 Å². The van der Waals surface area contributed by atoms with Gasteiger partial charge in [-0.15, -0.1) is 0 Å². The van der Waals surface area contributed by atoms with E-state index in [2.05, 4.69) is 5.32 Å². The van der Waals surface area contributed by atoms with Crippen molar-refractivity contribution in [2.24, 2.45) is 0 Å². The number of nitrogens with one attached hydrogen (secondary N) is 1. The fourth-order valence-electron chi connectivity index (χ4n) is 2.34. The highest BCUT2D eigenvalue weighted by Gasteiger charge is 2.30. The van der Waals surface area contributed by atoms with Crippen LogP contribution in [-0.4, -0.2) is 17.9 Å². The van der Waals surface area contributed by atoms with Crippen LogP contribution in [0.1, 0.15) is 30.1 Å². The fourth-order valence-corrected chi connectivity index (χ4v) is 2.53. The molecule has 128 valence electrons. The smallest absolute Gasteiger partial charge is 0.331 e. The Balaban J connectivity index is 1.70. The minimum atomic E-state index is -0.960. The molecule has 0 saturated heterocycles. The number of ether oxygens (including phenoxy) is 1. The van der Waals surface area contributed by atoms with E-state index in [9.17, 15) is 9.59 Å². The van der Waals surface area contributed by atoms with Crippen molar-refractivity contribution in [3.05, 3.63) is 76.8 Å². The predicted octanol–water partition coefficient (Wildman–Crippen LogP) is 3.92. The van der Waals surface area contributed by atoms with Crippen molar-refractivity contribution in [1.29, 1.82) is 0 Å². The first-order chi connectivity index (χ1) is 12.1. The van der Waals surface area contributed by atoms with Crippen molar-refractivity contribution >= 4 is 29.6 Å². The Morgan fingerprint density at radius 3 is 2.56 bits per heavy atom. The molecule has 0 aliphatic heterocycles. The monoisotopic (exact) mass is 355 g/mol. The first-order valence-corrected chi connectivity index (χ1v) is 8.49. The Hall–Kier alpha value is -2.59. The summed E-state index contributed by atoms with van der Waals surface area (Å²) in [6.07, 6.45) is 3.88. The average Bonchev–Trinajstić information content (AvgIpc) is 3.42. The fraction of sp³-hybridized carbons (Fsp3) is 0.200. The molecule has 2 aromatic carbocycles. The van der Waals surface area contributed by atoms with Crippen molar-refractivity contribution in [2.45, 2.75) is 25.0 Å². The van der Waals surface area contributed by atoms with Gasteiger partial charge in [-0.1, -0.05) is 54.1 Å². The normalized spacial score (nSPS) is 14.9. The predicted molar refractivity (Wildman–Crippen MR) is 96.9 cm³/mol. The van der Waals surface area contributed by atoms with Crippen LogP contribution in [0.5, 0.6) is 0 Å². The zero-order valence-electron chi connectivity index (χ0n) is 13.5. The summed E-state index contributed by atoms with van der Waals surface area (Å²) in [5.41, 5.74) is 1.42. The van der Waals surface area contributed by atoms with Gasteiger partial charge in [-0.25, -0.2) is 4.79 Å². The molecule has 0 aromatic heterocycles. The molecule has 1 saturated carbocycles. The van der Waals surface area contributed by atoms with Gasteiger partial charge >= 0.3 is 5.97 Å². The van der Waals surface area contributed by atoms with Gasteiger partial charge in [0.25, 0.3) is 5.91 Å². The van der Waals surface area contributed by atoms with Crippen molar-refractivity contribution in [3.63, 3.8) is 0 Å². The minimum absolute atomic E-state index is 0.194. The quantitative estimate of drug-likeness (QED) is 0.631. The molecule has 1 amide bonds. The third-order valence-electron chi connectivity index (χ3n) is 3.76. The molecule has 2 aromatic rings. The molecule has 4 nitrogen and oxygen atoms in total.